The van der Waals surface area contributed by atoms with Crippen LogP contribution in [0.5, 0.6) is 0 Å². The minimum absolute atomic E-state index is 0.193. The van der Waals surface area contributed by atoms with Crippen LogP contribution in [0.25, 0.3) is 0 Å². The monoisotopic (exact) mass is 279 g/mol. The quantitative estimate of drug-likeness (QED) is 0.428. The molecule has 0 aliphatic carbocycles. The van der Waals surface area contributed by atoms with Crippen LogP contribution >= 0.6 is 0 Å². The molecule has 1 aliphatic heterocycles. The van der Waals surface area contributed by atoms with E-state index in [-0.39, 0.29) is 11.8 Å². The second-order valence-corrected chi connectivity index (χ2v) is 5.77. The molecule has 0 unspecified atom stereocenters. The van der Waals surface area contributed by atoms with Crippen LogP contribution in [0.15, 0.2) is 11.6 Å². The molecule has 2 amide bonds. The molecule has 0 fully saturated rings. The van der Waals surface area contributed by atoms with E-state index in [0.29, 0.717) is 5.57 Å². The molecule has 1 heterocycles. The van der Waals surface area contributed by atoms with Gasteiger partial charge < -0.3 is 0 Å². The first kappa shape index (κ1) is 16.9. The maximum absolute atomic E-state index is 11.3. The van der Waals surface area contributed by atoms with Crippen LogP contribution in [0.1, 0.15) is 84.0 Å². The van der Waals surface area contributed by atoms with Crippen LogP contribution in [0.3, 0.4) is 0 Å². The van der Waals surface area contributed by atoms with Gasteiger partial charge in [0.1, 0.15) is 0 Å². The summed E-state index contributed by atoms with van der Waals surface area (Å²) in [6.07, 6.45) is 16.5. The van der Waals surface area contributed by atoms with E-state index in [0.717, 1.165) is 19.3 Å². The molecule has 0 aromatic rings. The van der Waals surface area contributed by atoms with Crippen LogP contribution < -0.4 is 5.32 Å². The highest BCUT2D eigenvalue weighted by atomic mass is 16.2. The van der Waals surface area contributed by atoms with Gasteiger partial charge in [0.05, 0.1) is 0 Å². The van der Waals surface area contributed by atoms with Crippen molar-refractivity contribution in [1.82, 2.24) is 5.32 Å². The van der Waals surface area contributed by atoms with Crippen LogP contribution in [-0.2, 0) is 9.59 Å². The van der Waals surface area contributed by atoms with Gasteiger partial charge in [-0.3, -0.25) is 14.9 Å². The smallest absolute Gasteiger partial charge is 0.254 e. The zero-order valence-corrected chi connectivity index (χ0v) is 12.9. The third-order valence-corrected chi connectivity index (χ3v) is 3.88. The van der Waals surface area contributed by atoms with Gasteiger partial charge >= 0.3 is 0 Å². The first-order valence-electron chi connectivity index (χ1n) is 8.30. The van der Waals surface area contributed by atoms with Crippen molar-refractivity contribution in [2.75, 3.05) is 0 Å². The number of hydrogen-bond donors (Lipinski definition) is 1. The van der Waals surface area contributed by atoms with Gasteiger partial charge in [-0.15, -0.1) is 0 Å². The summed E-state index contributed by atoms with van der Waals surface area (Å²) in [6.45, 7) is 2.25. The van der Waals surface area contributed by atoms with E-state index in [1.807, 2.05) is 0 Å². The molecule has 3 nitrogen and oxygen atoms in total. The largest absolute Gasteiger partial charge is 0.289 e. The number of nitrogens with one attached hydrogen (secondary N) is 1. The molecule has 0 saturated carbocycles. The molecule has 0 radical (unpaired) electrons. The fraction of sp³-hybridized carbons (Fsp3) is 0.765. The number of carbonyl (C=O) groups is 2. The third kappa shape index (κ3) is 7.46. The van der Waals surface area contributed by atoms with Crippen molar-refractivity contribution in [2.45, 2.75) is 84.0 Å². The van der Waals surface area contributed by atoms with Crippen molar-refractivity contribution in [1.29, 1.82) is 0 Å². The number of amides is 2. The Morgan fingerprint density at radius 2 is 1.30 bits per heavy atom. The summed E-state index contributed by atoms with van der Waals surface area (Å²) in [5.41, 5.74) is 0.658. The second kappa shape index (κ2) is 10.6. The van der Waals surface area contributed by atoms with Gasteiger partial charge in [-0.1, -0.05) is 71.1 Å². The van der Waals surface area contributed by atoms with Crippen LogP contribution in [0, 0.1) is 0 Å². The number of unbranched alkanes of at least 4 members (excludes halogenated alkanes) is 10. The molecule has 1 N–H and O–H groups in total. The van der Waals surface area contributed by atoms with E-state index < -0.39 is 0 Å². The SMILES string of the molecule is CCCCCCCCCCCCCC1=CC(=O)NC1=O. The minimum atomic E-state index is -0.256. The summed E-state index contributed by atoms with van der Waals surface area (Å²) in [5, 5.41) is 2.29. The highest BCUT2D eigenvalue weighted by molar-refractivity contribution is 6.16. The predicted octanol–water partition coefficient (Wildman–Crippen LogP) is 4.27. The molecule has 0 saturated heterocycles. The highest BCUT2D eigenvalue weighted by Crippen LogP contribution is 2.15. The minimum Gasteiger partial charge on any atom is -0.289 e. The van der Waals surface area contributed by atoms with Crippen LogP contribution in [0.4, 0.5) is 0 Å². The molecular formula is C17H29NO2. The maximum atomic E-state index is 11.3. The Morgan fingerprint density at radius 1 is 0.800 bits per heavy atom. The summed E-state index contributed by atoms with van der Waals surface area (Å²) in [5.74, 6) is -0.449. The zero-order chi connectivity index (χ0) is 14.6. The number of imide groups is 1. The Labute approximate surface area is 123 Å². The molecular weight excluding hydrogens is 250 g/mol. The van der Waals surface area contributed by atoms with Crippen molar-refractivity contribution in [3.63, 3.8) is 0 Å². The molecule has 0 aromatic carbocycles. The number of hydrogen-bond acceptors (Lipinski definition) is 2. The maximum Gasteiger partial charge on any atom is 0.254 e. The summed E-state index contributed by atoms with van der Waals surface area (Å²) >= 11 is 0. The van der Waals surface area contributed by atoms with Crippen molar-refractivity contribution in [2.24, 2.45) is 0 Å². The molecule has 0 spiro atoms. The third-order valence-electron chi connectivity index (χ3n) is 3.88. The Balaban J connectivity index is 1.85. The normalized spacial score (nSPS) is 14.6. The fourth-order valence-electron chi connectivity index (χ4n) is 2.62. The van der Waals surface area contributed by atoms with Gasteiger partial charge in [0.15, 0.2) is 0 Å². The molecule has 0 aromatic heterocycles. The van der Waals surface area contributed by atoms with Gasteiger partial charge in [0, 0.05) is 11.6 Å². The van der Waals surface area contributed by atoms with E-state index >= 15 is 0 Å². The average molecular weight is 279 g/mol. The van der Waals surface area contributed by atoms with Gasteiger partial charge in [0.25, 0.3) is 11.8 Å². The van der Waals surface area contributed by atoms with E-state index in [1.165, 1.54) is 63.9 Å². The predicted molar refractivity (Wildman–Crippen MR) is 82.3 cm³/mol. The fourth-order valence-corrected chi connectivity index (χ4v) is 2.62. The number of rotatable bonds is 12. The summed E-state index contributed by atoms with van der Waals surface area (Å²) < 4.78 is 0. The van der Waals surface area contributed by atoms with Gasteiger partial charge in [0.2, 0.25) is 0 Å². The average Bonchev–Trinajstić information content (AvgIpc) is 2.74. The van der Waals surface area contributed by atoms with Crippen molar-refractivity contribution in [3.8, 4) is 0 Å². The zero-order valence-electron chi connectivity index (χ0n) is 12.9. The van der Waals surface area contributed by atoms with Gasteiger partial charge in [-0.05, 0) is 12.8 Å². The lowest BCUT2D eigenvalue weighted by atomic mass is 10.0. The first-order valence-corrected chi connectivity index (χ1v) is 8.30. The molecule has 0 bridgehead atoms. The van der Waals surface area contributed by atoms with E-state index in [2.05, 4.69) is 12.2 Å². The summed E-state index contributed by atoms with van der Waals surface area (Å²) in [7, 11) is 0. The van der Waals surface area contributed by atoms with E-state index in [4.69, 9.17) is 0 Å². The van der Waals surface area contributed by atoms with Crippen molar-refractivity contribution < 1.29 is 9.59 Å². The Kier molecular flexibility index (Phi) is 9.01. The molecule has 20 heavy (non-hydrogen) atoms. The number of carbonyl (C=O) groups excluding carboxylic acids is 2. The van der Waals surface area contributed by atoms with Crippen LogP contribution in [0.2, 0.25) is 0 Å². The van der Waals surface area contributed by atoms with Crippen molar-refractivity contribution in [3.05, 3.63) is 11.6 Å². The lowest BCUT2D eigenvalue weighted by Gasteiger charge is -2.02. The van der Waals surface area contributed by atoms with Gasteiger partial charge in [-0.2, -0.15) is 0 Å². The summed E-state index contributed by atoms with van der Waals surface area (Å²) in [6, 6.07) is 0. The van der Waals surface area contributed by atoms with E-state index in [9.17, 15) is 9.59 Å². The van der Waals surface area contributed by atoms with Crippen molar-refractivity contribution >= 4 is 11.8 Å². The molecule has 0 atom stereocenters. The molecule has 1 rings (SSSR count). The molecule has 1 aliphatic rings. The highest BCUT2D eigenvalue weighted by Gasteiger charge is 2.19. The molecule has 3 heteroatoms. The Bertz CT molecular complexity index is 334. The Hall–Kier alpha value is -1.12. The lowest BCUT2D eigenvalue weighted by molar-refractivity contribution is -0.123. The lowest BCUT2D eigenvalue weighted by Crippen LogP contribution is -2.22. The second-order valence-electron chi connectivity index (χ2n) is 5.77. The topological polar surface area (TPSA) is 46.2 Å². The van der Waals surface area contributed by atoms with Gasteiger partial charge in [-0.25, -0.2) is 0 Å². The van der Waals surface area contributed by atoms with E-state index in [1.54, 1.807) is 0 Å². The first-order chi connectivity index (χ1) is 9.74. The standard InChI is InChI=1S/C17H29NO2/c1-2-3-4-5-6-7-8-9-10-11-12-13-15-14-16(19)18-17(15)20/h14H,2-13H2,1H3,(H,18,19,20). The Morgan fingerprint density at radius 3 is 1.75 bits per heavy atom. The summed E-state index contributed by atoms with van der Waals surface area (Å²) in [4.78, 5) is 22.3. The molecule has 114 valence electrons. The van der Waals surface area contributed by atoms with Crippen LogP contribution in [-0.4, -0.2) is 11.8 Å².